The highest BCUT2D eigenvalue weighted by Gasteiger charge is 2.37. The van der Waals surface area contributed by atoms with Gasteiger partial charge in [0.05, 0.1) is 11.8 Å². The lowest BCUT2D eigenvalue weighted by Gasteiger charge is -2.41. The Kier molecular flexibility index (Phi) is 17.3. The van der Waals surface area contributed by atoms with Crippen molar-refractivity contribution >= 4 is 53.2 Å². The molecule has 0 radical (unpaired) electrons. The van der Waals surface area contributed by atoms with Crippen LogP contribution in [0.3, 0.4) is 0 Å². The zero-order valence-corrected chi connectivity index (χ0v) is 35.3. The third-order valence-electron chi connectivity index (χ3n) is 9.92. The Morgan fingerprint density at radius 1 is 0.918 bits per heavy atom. The van der Waals surface area contributed by atoms with Crippen LogP contribution >= 0.6 is 11.8 Å². The average molecular weight is 866 g/mol. The fourth-order valence-electron chi connectivity index (χ4n) is 7.09. The lowest BCUT2D eigenvalue weighted by molar-refractivity contribution is -0.142. The van der Waals surface area contributed by atoms with Crippen molar-refractivity contribution in [3.8, 4) is 11.1 Å². The molecule has 2 atom stereocenters. The smallest absolute Gasteiger partial charge is 0.303 e. The molecule has 1 aromatic heterocycles. The Labute approximate surface area is 357 Å². The number of nitrogens with two attached hydrogens (primary N) is 2. The quantitative estimate of drug-likeness (QED) is 0.0804. The minimum absolute atomic E-state index is 0.0632. The van der Waals surface area contributed by atoms with Gasteiger partial charge in [0.15, 0.2) is 0 Å². The molecule has 0 saturated heterocycles. The van der Waals surface area contributed by atoms with Gasteiger partial charge >= 0.3 is 5.97 Å². The van der Waals surface area contributed by atoms with Crippen LogP contribution in [0.5, 0.6) is 0 Å². The summed E-state index contributed by atoms with van der Waals surface area (Å²) in [4.78, 5) is 91.6. The number of halogens is 2. The number of thioether (sulfide) groups is 1. The highest BCUT2D eigenvalue weighted by atomic mass is 32.2. The van der Waals surface area contributed by atoms with E-state index in [0.29, 0.717) is 24.2 Å². The van der Waals surface area contributed by atoms with Crippen molar-refractivity contribution < 1.29 is 47.4 Å². The monoisotopic (exact) mass is 865 g/mol. The average Bonchev–Trinajstić information content (AvgIpc) is 3.75. The standard InChI is InChI=1S/C43H53F2N7O8S/c1-43(2,3)41(34-22-29(31-23-30(44)10-11-32(31)45)25-49(34)24-28-8-5-4-6-9-28)51(19-7-17-46)39(57)27-61-21-16-38(56)50(33(42(47)60)12-15-40(58)59)20-18-48-35(53)26-52-36(54)13-14-37(52)55/h4-6,8-11,13-14,22-23,25,33,41H,7,12,15-21,24,26-27,46H2,1-3H3,(H2,47,60)(H,48,53)(H,58,59)/t33-,41-/m0/s1. The summed E-state index contributed by atoms with van der Waals surface area (Å²) in [5, 5.41) is 11.8. The number of carboxylic acids is 1. The molecule has 0 fully saturated rings. The van der Waals surface area contributed by atoms with E-state index in [1.54, 1.807) is 17.2 Å². The van der Waals surface area contributed by atoms with Crippen LogP contribution in [0, 0.1) is 17.0 Å². The number of nitrogens with zero attached hydrogens (tertiary/aromatic N) is 4. The van der Waals surface area contributed by atoms with Crippen LogP contribution in [0.4, 0.5) is 8.78 Å². The maximum absolute atomic E-state index is 15.2. The first kappa shape index (κ1) is 47.8. The topological polar surface area (TPSA) is 218 Å². The number of hydrogen-bond donors (Lipinski definition) is 4. The summed E-state index contributed by atoms with van der Waals surface area (Å²) in [5.41, 5.74) is 13.1. The molecule has 6 N–H and O–H groups in total. The van der Waals surface area contributed by atoms with Gasteiger partial charge < -0.3 is 36.3 Å². The SMILES string of the molecule is CC(C)(C)[C@H](c1cc(-c2cc(F)ccc2F)cn1Cc1ccccc1)N(CCCN)C(=O)CSCCC(=O)N(CCNC(=O)CN1C(=O)C=CC1=O)[C@@H](CCC(=O)O)C(N)=O. The molecular weight excluding hydrogens is 813 g/mol. The minimum atomic E-state index is -1.32. The number of benzene rings is 2. The lowest BCUT2D eigenvalue weighted by Crippen LogP contribution is -2.51. The summed E-state index contributed by atoms with van der Waals surface area (Å²) >= 11 is 1.17. The third kappa shape index (κ3) is 13.6. The summed E-state index contributed by atoms with van der Waals surface area (Å²) in [7, 11) is 0. The number of primary amides is 1. The van der Waals surface area contributed by atoms with Crippen LogP contribution in [0.25, 0.3) is 11.1 Å². The van der Waals surface area contributed by atoms with E-state index in [1.807, 2.05) is 55.7 Å². The van der Waals surface area contributed by atoms with Gasteiger partial charge in [-0.1, -0.05) is 51.1 Å². The Morgan fingerprint density at radius 3 is 2.23 bits per heavy atom. The number of carbonyl (C=O) groups excluding carboxylic acids is 6. The van der Waals surface area contributed by atoms with Crippen molar-refractivity contribution in [2.75, 3.05) is 44.2 Å². The van der Waals surface area contributed by atoms with Crippen molar-refractivity contribution in [2.45, 2.75) is 65.1 Å². The van der Waals surface area contributed by atoms with Gasteiger partial charge in [0.1, 0.15) is 24.2 Å². The highest BCUT2D eigenvalue weighted by Crippen LogP contribution is 2.41. The molecule has 4 rings (SSSR count). The second-order valence-corrected chi connectivity index (χ2v) is 16.7. The molecule has 0 spiro atoms. The fraction of sp³-hybridized carbons (Fsp3) is 0.419. The molecule has 6 amide bonds. The molecule has 3 aromatic rings. The van der Waals surface area contributed by atoms with Crippen molar-refractivity contribution in [3.05, 3.63) is 95.8 Å². The number of hydrogen-bond acceptors (Lipinski definition) is 9. The summed E-state index contributed by atoms with van der Waals surface area (Å²) in [6, 6.07) is 12.7. The summed E-state index contributed by atoms with van der Waals surface area (Å²) in [6.45, 7) is 5.87. The molecule has 0 saturated carbocycles. The Hall–Kier alpha value is -5.88. The van der Waals surface area contributed by atoms with E-state index in [1.165, 1.54) is 11.8 Å². The van der Waals surface area contributed by atoms with Crippen molar-refractivity contribution in [2.24, 2.45) is 16.9 Å². The molecule has 2 heterocycles. The summed E-state index contributed by atoms with van der Waals surface area (Å²) < 4.78 is 31.5. The van der Waals surface area contributed by atoms with Gasteiger partial charge in [0, 0.05) is 79.9 Å². The molecular formula is C43H53F2N7O8S. The minimum Gasteiger partial charge on any atom is -0.481 e. The number of nitrogens with one attached hydrogen (secondary N) is 1. The third-order valence-corrected chi connectivity index (χ3v) is 10.9. The first-order valence-corrected chi connectivity index (χ1v) is 20.9. The number of imide groups is 1. The molecule has 0 unspecified atom stereocenters. The van der Waals surface area contributed by atoms with E-state index in [9.17, 15) is 43.1 Å². The zero-order chi connectivity index (χ0) is 44.9. The number of rotatable bonds is 23. The molecule has 0 aliphatic carbocycles. The number of carbonyl (C=O) groups is 7. The summed E-state index contributed by atoms with van der Waals surface area (Å²) in [6.07, 6.45) is 3.33. The van der Waals surface area contributed by atoms with Crippen LogP contribution < -0.4 is 16.8 Å². The van der Waals surface area contributed by atoms with Crippen LogP contribution in [-0.4, -0.2) is 116 Å². The van der Waals surface area contributed by atoms with Crippen LogP contribution in [0.15, 0.2) is 72.9 Å². The Morgan fingerprint density at radius 2 is 1.61 bits per heavy atom. The highest BCUT2D eigenvalue weighted by molar-refractivity contribution is 7.99. The van der Waals surface area contributed by atoms with Gasteiger partial charge in [-0.25, -0.2) is 8.78 Å². The van der Waals surface area contributed by atoms with Gasteiger partial charge in [-0.15, -0.1) is 0 Å². The first-order chi connectivity index (χ1) is 28.9. The second kappa shape index (κ2) is 22.1. The molecule has 1 aliphatic heterocycles. The van der Waals surface area contributed by atoms with Crippen LogP contribution in [0.2, 0.25) is 0 Å². The number of aromatic nitrogens is 1. The molecule has 61 heavy (non-hydrogen) atoms. The maximum atomic E-state index is 15.2. The fourth-order valence-corrected chi connectivity index (χ4v) is 7.89. The van der Waals surface area contributed by atoms with Gasteiger partial charge in [0.25, 0.3) is 11.8 Å². The van der Waals surface area contributed by atoms with Crippen molar-refractivity contribution in [3.63, 3.8) is 0 Å². The molecule has 328 valence electrons. The molecule has 15 nitrogen and oxygen atoms in total. The number of amides is 6. The molecule has 1 aliphatic rings. The zero-order valence-electron chi connectivity index (χ0n) is 34.5. The van der Waals surface area contributed by atoms with E-state index in [2.05, 4.69) is 5.32 Å². The molecule has 0 bridgehead atoms. The van der Waals surface area contributed by atoms with E-state index in [0.717, 1.165) is 45.7 Å². The van der Waals surface area contributed by atoms with Crippen LogP contribution in [-0.2, 0) is 40.1 Å². The Balaban J connectivity index is 1.53. The molecule has 18 heteroatoms. The first-order valence-electron chi connectivity index (χ1n) is 19.8. The molecule has 2 aromatic carbocycles. The largest absolute Gasteiger partial charge is 0.481 e. The Bertz CT molecular complexity index is 2090. The van der Waals surface area contributed by atoms with Gasteiger partial charge in [-0.05, 0) is 54.6 Å². The van der Waals surface area contributed by atoms with E-state index >= 15 is 4.39 Å². The number of carboxylic acid groups (broad SMARTS) is 1. The van der Waals surface area contributed by atoms with Crippen molar-refractivity contribution in [1.82, 2.24) is 24.6 Å². The van der Waals surface area contributed by atoms with Gasteiger partial charge in [-0.3, -0.25) is 38.5 Å². The summed E-state index contributed by atoms with van der Waals surface area (Å²) in [5.74, 6) is -6.18. The normalized spacial score (nSPS) is 13.6. The number of aliphatic carboxylic acids is 1. The van der Waals surface area contributed by atoms with E-state index < -0.39 is 77.6 Å². The second-order valence-electron chi connectivity index (χ2n) is 15.6. The predicted octanol–water partition coefficient (Wildman–Crippen LogP) is 3.46. The maximum Gasteiger partial charge on any atom is 0.303 e. The lowest BCUT2D eigenvalue weighted by atomic mass is 9.83. The van der Waals surface area contributed by atoms with Gasteiger partial charge in [-0.2, -0.15) is 11.8 Å². The van der Waals surface area contributed by atoms with Crippen LogP contribution in [0.1, 0.15) is 63.8 Å². The van der Waals surface area contributed by atoms with Crippen molar-refractivity contribution in [1.29, 1.82) is 0 Å². The van der Waals surface area contributed by atoms with Gasteiger partial charge in [0.2, 0.25) is 23.6 Å². The predicted molar refractivity (Wildman–Crippen MR) is 225 cm³/mol. The van der Waals surface area contributed by atoms with E-state index in [4.69, 9.17) is 11.5 Å². The van der Waals surface area contributed by atoms with E-state index in [-0.39, 0.29) is 62.0 Å².